The van der Waals surface area contributed by atoms with Gasteiger partial charge in [0.2, 0.25) is 21.8 Å². The maximum absolute atomic E-state index is 12.7. The van der Waals surface area contributed by atoms with Gasteiger partial charge in [-0.25, -0.2) is 8.42 Å². The lowest BCUT2D eigenvalue weighted by molar-refractivity contribution is -0.126. The number of carbonyl (C=O) groups excluding carboxylic acids is 2. The zero-order valence-corrected chi connectivity index (χ0v) is 19.2. The van der Waals surface area contributed by atoms with Gasteiger partial charge in [-0.15, -0.1) is 0 Å². The number of hydrogen-bond acceptors (Lipinski definition) is 6. The number of sulfonamides is 1. The van der Waals surface area contributed by atoms with Crippen molar-refractivity contribution in [3.8, 4) is 5.75 Å². The summed E-state index contributed by atoms with van der Waals surface area (Å²) in [4.78, 5) is 27.0. The third-order valence-corrected chi connectivity index (χ3v) is 7.78. The van der Waals surface area contributed by atoms with E-state index in [9.17, 15) is 18.0 Å². The first kappa shape index (κ1) is 23.2. The zero-order valence-electron chi connectivity index (χ0n) is 18.4. The molecule has 2 aromatic rings. The number of para-hydroxylation sites is 2. The van der Waals surface area contributed by atoms with Crippen LogP contribution >= 0.6 is 0 Å². The Hall–Kier alpha value is -2.95. The Bertz CT molecular complexity index is 1110. The van der Waals surface area contributed by atoms with E-state index in [1.807, 2.05) is 12.1 Å². The Balaban J connectivity index is 1.35. The largest absolute Gasteiger partial charge is 0.495 e. The van der Waals surface area contributed by atoms with E-state index in [-0.39, 0.29) is 36.2 Å². The summed E-state index contributed by atoms with van der Waals surface area (Å²) in [5.74, 6) is -0.231. The van der Waals surface area contributed by atoms with Crippen molar-refractivity contribution in [2.24, 2.45) is 5.92 Å². The predicted octanol–water partition coefficient (Wildman–Crippen LogP) is 1.39. The maximum atomic E-state index is 12.7. The highest BCUT2D eigenvalue weighted by molar-refractivity contribution is 7.89. The van der Waals surface area contributed by atoms with Crippen molar-refractivity contribution in [1.29, 1.82) is 0 Å². The number of amides is 2. The minimum Gasteiger partial charge on any atom is -0.495 e. The highest BCUT2D eigenvalue weighted by Crippen LogP contribution is 2.32. The first-order valence-corrected chi connectivity index (χ1v) is 12.2. The van der Waals surface area contributed by atoms with Crippen LogP contribution in [0.2, 0.25) is 0 Å². The number of ether oxygens (including phenoxy) is 2. The summed E-state index contributed by atoms with van der Waals surface area (Å²) in [5.41, 5.74) is 1.42. The molecule has 1 unspecified atom stereocenters. The molecule has 9 nitrogen and oxygen atoms in total. The Morgan fingerprint density at radius 1 is 1.12 bits per heavy atom. The van der Waals surface area contributed by atoms with Crippen molar-refractivity contribution in [2.45, 2.75) is 17.9 Å². The number of benzene rings is 2. The Morgan fingerprint density at radius 2 is 1.82 bits per heavy atom. The van der Waals surface area contributed by atoms with E-state index in [1.54, 1.807) is 48.4 Å². The topological polar surface area (TPSA) is 105 Å². The molecule has 1 atom stereocenters. The van der Waals surface area contributed by atoms with Gasteiger partial charge in [0.15, 0.2) is 0 Å². The van der Waals surface area contributed by atoms with Crippen LogP contribution in [0.5, 0.6) is 5.75 Å². The quantitative estimate of drug-likeness (QED) is 0.652. The molecule has 2 aliphatic heterocycles. The zero-order chi connectivity index (χ0) is 23.4. The van der Waals surface area contributed by atoms with E-state index in [0.29, 0.717) is 37.7 Å². The van der Waals surface area contributed by atoms with Gasteiger partial charge in [-0.05, 0) is 29.8 Å². The van der Waals surface area contributed by atoms with E-state index < -0.39 is 15.9 Å². The number of nitrogens with one attached hydrogen (secondary N) is 1. The summed E-state index contributed by atoms with van der Waals surface area (Å²) < 4.78 is 37.4. The molecule has 10 heteroatoms. The standard InChI is InChI=1S/C23H27N3O6S/c1-31-21-5-3-2-4-20(21)26-16-18(14-22(26)27)23(28)24-15-17-6-8-19(9-7-17)33(29,30)25-10-12-32-13-11-25/h2-9,18H,10-16H2,1H3,(H,24,28). The molecular weight excluding hydrogens is 446 g/mol. The number of methoxy groups -OCH3 is 1. The number of anilines is 1. The van der Waals surface area contributed by atoms with Crippen molar-refractivity contribution in [1.82, 2.24) is 9.62 Å². The maximum Gasteiger partial charge on any atom is 0.243 e. The number of morpholine rings is 1. The van der Waals surface area contributed by atoms with Gasteiger partial charge in [0, 0.05) is 32.6 Å². The summed E-state index contributed by atoms with van der Waals surface area (Å²) in [6, 6.07) is 13.7. The van der Waals surface area contributed by atoms with Crippen molar-refractivity contribution < 1.29 is 27.5 Å². The second-order valence-electron chi connectivity index (χ2n) is 7.96. The molecule has 0 spiro atoms. The molecule has 2 amide bonds. The van der Waals surface area contributed by atoms with E-state index in [1.165, 1.54) is 4.31 Å². The molecule has 2 fully saturated rings. The summed E-state index contributed by atoms with van der Waals surface area (Å²) in [7, 11) is -2.01. The van der Waals surface area contributed by atoms with Crippen LogP contribution in [0.3, 0.4) is 0 Å². The van der Waals surface area contributed by atoms with Gasteiger partial charge in [-0.2, -0.15) is 4.31 Å². The summed E-state index contributed by atoms with van der Waals surface area (Å²) in [6.07, 6.45) is 0.126. The Labute approximate surface area is 193 Å². The summed E-state index contributed by atoms with van der Waals surface area (Å²) in [6.45, 7) is 1.99. The number of carbonyl (C=O) groups is 2. The van der Waals surface area contributed by atoms with Gasteiger partial charge in [0.25, 0.3) is 0 Å². The lowest BCUT2D eigenvalue weighted by Gasteiger charge is -2.26. The Kier molecular flexibility index (Phi) is 6.96. The van der Waals surface area contributed by atoms with E-state index >= 15 is 0 Å². The SMILES string of the molecule is COc1ccccc1N1CC(C(=O)NCc2ccc(S(=O)(=O)N3CCOCC3)cc2)CC1=O. The minimum absolute atomic E-state index is 0.126. The molecule has 2 aromatic carbocycles. The first-order chi connectivity index (χ1) is 15.9. The van der Waals surface area contributed by atoms with Crippen molar-refractivity contribution >= 4 is 27.5 Å². The third kappa shape index (κ3) is 5.02. The summed E-state index contributed by atoms with van der Waals surface area (Å²) in [5, 5.41) is 2.86. The molecule has 4 rings (SSSR count). The fraction of sp³-hybridized carbons (Fsp3) is 0.391. The average Bonchev–Trinajstić information content (AvgIpc) is 3.24. The molecule has 2 aliphatic rings. The molecule has 176 valence electrons. The van der Waals surface area contributed by atoms with Gasteiger partial charge >= 0.3 is 0 Å². The fourth-order valence-electron chi connectivity index (χ4n) is 4.02. The number of nitrogens with zero attached hydrogens (tertiary/aromatic N) is 2. The van der Waals surface area contributed by atoms with Crippen LogP contribution in [0.15, 0.2) is 53.4 Å². The van der Waals surface area contributed by atoms with E-state index in [4.69, 9.17) is 9.47 Å². The fourth-order valence-corrected chi connectivity index (χ4v) is 5.43. The second kappa shape index (κ2) is 9.90. The van der Waals surface area contributed by atoms with Gasteiger partial charge in [0.1, 0.15) is 5.75 Å². The molecule has 0 aliphatic carbocycles. The number of rotatable bonds is 7. The normalized spacial score (nSPS) is 19.5. The van der Waals surface area contributed by atoms with Crippen LogP contribution in [-0.2, 0) is 30.9 Å². The molecule has 0 saturated carbocycles. The van der Waals surface area contributed by atoms with Gasteiger partial charge < -0.3 is 19.7 Å². The van der Waals surface area contributed by atoms with Gasteiger partial charge in [0.05, 0.1) is 36.8 Å². The Morgan fingerprint density at radius 3 is 2.52 bits per heavy atom. The van der Waals surface area contributed by atoms with E-state index in [2.05, 4.69) is 5.32 Å². The van der Waals surface area contributed by atoms with Crippen LogP contribution in [0.4, 0.5) is 5.69 Å². The third-order valence-electron chi connectivity index (χ3n) is 5.87. The van der Waals surface area contributed by atoms with Crippen molar-refractivity contribution in [2.75, 3.05) is 44.9 Å². The van der Waals surface area contributed by atoms with Gasteiger partial charge in [-0.1, -0.05) is 24.3 Å². The monoisotopic (exact) mass is 473 g/mol. The second-order valence-corrected chi connectivity index (χ2v) is 9.89. The molecule has 0 aromatic heterocycles. The van der Waals surface area contributed by atoms with Gasteiger partial charge in [-0.3, -0.25) is 9.59 Å². The molecule has 33 heavy (non-hydrogen) atoms. The van der Waals surface area contributed by atoms with Crippen LogP contribution in [0.25, 0.3) is 0 Å². The first-order valence-electron chi connectivity index (χ1n) is 10.8. The molecule has 2 heterocycles. The molecule has 0 radical (unpaired) electrons. The van der Waals surface area contributed by atoms with Crippen molar-refractivity contribution in [3.63, 3.8) is 0 Å². The molecule has 2 saturated heterocycles. The molecule has 1 N–H and O–H groups in total. The van der Waals surface area contributed by atoms with Crippen LogP contribution in [-0.4, -0.2) is 64.5 Å². The van der Waals surface area contributed by atoms with Crippen LogP contribution in [0.1, 0.15) is 12.0 Å². The van der Waals surface area contributed by atoms with Crippen LogP contribution in [0, 0.1) is 5.92 Å². The highest BCUT2D eigenvalue weighted by Gasteiger charge is 2.36. The molecule has 0 bridgehead atoms. The van der Waals surface area contributed by atoms with Crippen molar-refractivity contribution in [3.05, 3.63) is 54.1 Å². The summed E-state index contributed by atoms with van der Waals surface area (Å²) >= 11 is 0. The predicted molar refractivity (Wildman–Crippen MR) is 121 cm³/mol. The lowest BCUT2D eigenvalue weighted by atomic mass is 10.1. The van der Waals surface area contributed by atoms with E-state index in [0.717, 1.165) is 5.56 Å². The lowest BCUT2D eigenvalue weighted by Crippen LogP contribution is -2.40. The smallest absolute Gasteiger partial charge is 0.243 e. The average molecular weight is 474 g/mol. The molecular formula is C23H27N3O6S. The highest BCUT2D eigenvalue weighted by atomic mass is 32.2. The minimum atomic E-state index is -3.55. The number of hydrogen-bond donors (Lipinski definition) is 1. The van der Waals surface area contributed by atoms with Crippen LogP contribution < -0.4 is 15.0 Å².